The van der Waals surface area contributed by atoms with Gasteiger partial charge in [-0.2, -0.15) is 4.99 Å². The van der Waals surface area contributed by atoms with E-state index in [1.54, 1.807) is 0 Å². The molecule has 0 radical (unpaired) electrons. The molecule has 0 unspecified atom stereocenters. The molecule has 0 spiro atoms. The number of hydrogen-bond acceptors (Lipinski definition) is 4. The Morgan fingerprint density at radius 3 is 2.32 bits per heavy atom. The fourth-order valence-corrected chi connectivity index (χ4v) is 12.0. The van der Waals surface area contributed by atoms with E-state index in [0.29, 0.717) is 35.8 Å². The first-order valence-corrected chi connectivity index (χ1v) is 14.0. The molecule has 0 heterocycles. The monoisotopic (exact) mass is 441 g/mol. The minimum Gasteiger partial charge on any atom is -0.411 e. The van der Waals surface area contributed by atoms with Gasteiger partial charge in [-0.15, -0.1) is 0 Å². The van der Waals surface area contributed by atoms with Crippen molar-refractivity contribution in [2.75, 3.05) is 6.61 Å². The number of rotatable bonds is 10. The van der Waals surface area contributed by atoms with Crippen LogP contribution in [0.1, 0.15) is 59.9 Å². The minimum atomic E-state index is -2.13. The van der Waals surface area contributed by atoms with Crippen LogP contribution >= 0.6 is 0 Å². The first kappa shape index (κ1) is 24.1. The fourth-order valence-electron chi connectivity index (χ4n) is 6.38. The van der Waals surface area contributed by atoms with Crippen molar-refractivity contribution in [1.29, 1.82) is 0 Å². The van der Waals surface area contributed by atoms with E-state index >= 15 is 0 Å². The SMILES string of the molecule is CC(C)[Si](O[C@H]1C[C@H]2CC=C[C@H]2[C@@]1(COCc1ccccc1)N=C=O)(C(C)C)C(C)C. The number of isocyanates is 1. The van der Waals surface area contributed by atoms with Crippen LogP contribution in [0.5, 0.6) is 0 Å². The first-order valence-electron chi connectivity index (χ1n) is 11.8. The molecule has 1 aromatic carbocycles. The van der Waals surface area contributed by atoms with Crippen LogP contribution < -0.4 is 0 Å². The number of hydrogen-bond donors (Lipinski definition) is 0. The molecular weight excluding hydrogens is 402 g/mol. The van der Waals surface area contributed by atoms with E-state index < -0.39 is 13.9 Å². The van der Waals surface area contributed by atoms with Crippen molar-refractivity contribution in [3.05, 3.63) is 48.0 Å². The van der Waals surface area contributed by atoms with Crippen molar-refractivity contribution < 1.29 is 14.0 Å². The Bertz CT molecular complexity index is 778. The molecule has 2 aliphatic rings. The lowest BCUT2D eigenvalue weighted by Crippen LogP contribution is -2.56. The Morgan fingerprint density at radius 1 is 1.10 bits per heavy atom. The molecule has 0 amide bonds. The summed E-state index contributed by atoms with van der Waals surface area (Å²) in [5.74, 6) is 0.633. The van der Waals surface area contributed by atoms with Crippen molar-refractivity contribution in [2.45, 2.75) is 89.3 Å². The van der Waals surface area contributed by atoms with Gasteiger partial charge in [-0.25, -0.2) is 4.79 Å². The molecule has 1 saturated carbocycles. The van der Waals surface area contributed by atoms with Crippen molar-refractivity contribution in [3.8, 4) is 0 Å². The third kappa shape index (κ3) is 4.52. The molecule has 31 heavy (non-hydrogen) atoms. The molecule has 5 heteroatoms. The van der Waals surface area contributed by atoms with Crippen LogP contribution in [0.15, 0.2) is 47.5 Å². The van der Waals surface area contributed by atoms with Gasteiger partial charge in [0, 0.05) is 5.92 Å². The number of carbonyl (C=O) groups excluding carboxylic acids is 1. The molecule has 1 aromatic rings. The summed E-state index contributed by atoms with van der Waals surface area (Å²) < 4.78 is 13.5. The Labute approximate surface area is 189 Å². The van der Waals surface area contributed by atoms with E-state index in [9.17, 15) is 4.79 Å². The van der Waals surface area contributed by atoms with Gasteiger partial charge in [0.05, 0.1) is 19.3 Å². The third-order valence-electron chi connectivity index (χ3n) is 7.69. The summed E-state index contributed by atoms with van der Waals surface area (Å²) >= 11 is 0. The van der Waals surface area contributed by atoms with Gasteiger partial charge in [0.2, 0.25) is 14.4 Å². The maximum absolute atomic E-state index is 11.7. The normalized spacial score (nSPS) is 27.8. The molecular formula is C26H39NO3Si. The van der Waals surface area contributed by atoms with Crippen molar-refractivity contribution in [2.24, 2.45) is 16.8 Å². The van der Waals surface area contributed by atoms with Crippen molar-refractivity contribution in [1.82, 2.24) is 0 Å². The molecule has 0 aromatic heterocycles. The quantitative estimate of drug-likeness (QED) is 0.182. The first-order chi connectivity index (χ1) is 14.8. The Hall–Kier alpha value is -1.52. The maximum Gasteiger partial charge on any atom is 0.235 e. The van der Waals surface area contributed by atoms with Crippen LogP contribution in [0.3, 0.4) is 0 Å². The van der Waals surface area contributed by atoms with Crippen molar-refractivity contribution in [3.63, 3.8) is 0 Å². The molecule has 0 saturated heterocycles. The number of benzene rings is 1. The standard InChI is InChI=1S/C26H39NO3Si/c1-19(2)31(20(3)4,21(5)6)30-25-15-23-13-10-14-24(23)26(25,27-18-28)17-29-16-22-11-8-7-9-12-22/h7-12,14,19-21,23-25H,13,15-17H2,1-6H3/t23-,24-,25+,26-/m1/s1. The number of fused-ring (bicyclic) bond motifs is 1. The summed E-state index contributed by atoms with van der Waals surface area (Å²) in [5, 5.41) is 0. The number of nitrogens with zero attached hydrogens (tertiary/aromatic N) is 1. The highest BCUT2D eigenvalue weighted by atomic mass is 28.4. The molecule has 0 bridgehead atoms. The molecule has 0 aliphatic heterocycles. The van der Waals surface area contributed by atoms with Crippen molar-refractivity contribution >= 4 is 14.4 Å². The number of ether oxygens (including phenoxy) is 1. The Morgan fingerprint density at radius 2 is 1.74 bits per heavy atom. The lowest BCUT2D eigenvalue weighted by atomic mass is 9.85. The Kier molecular flexibility index (Phi) is 7.75. The second-order valence-corrected chi connectivity index (χ2v) is 15.7. The van der Waals surface area contributed by atoms with E-state index in [1.165, 1.54) is 0 Å². The van der Waals surface area contributed by atoms with Gasteiger partial charge >= 0.3 is 0 Å². The third-order valence-corrected chi connectivity index (χ3v) is 13.8. The average molecular weight is 442 g/mol. The highest BCUT2D eigenvalue weighted by Crippen LogP contribution is 2.53. The second-order valence-electron chi connectivity index (χ2n) is 10.3. The predicted octanol–water partition coefficient (Wildman–Crippen LogP) is 6.43. The molecule has 0 N–H and O–H groups in total. The molecule has 1 fully saturated rings. The number of aliphatic imine (C=N–C) groups is 1. The smallest absolute Gasteiger partial charge is 0.235 e. The lowest BCUT2D eigenvalue weighted by molar-refractivity contribution is 0.0121. The molecule has 3 rings (SSSR count). The van der Waals surface area contributed by atoms with Crippen LogP contribution in [0.2, 0.25) is 16.6 Å². The fraction of sp³-hybridized carbons (Fsp3) is 0.654. The van der Waals surface area contributed by atoms with E-state index in [0.717, 1.165) is 18.4 Å². The summed E-state index contributed by atoms with van der Waals surface area (Å²) in [6, 6.07) is 10.2. The second kappa shape index (κ2) is 9.95. The highest BCUT2D eigenvalue weighted by Gasteiger charge is 2.59. The van der Waals surface area contributed by atoms with Gasteiger partial charge in [0.15, 0.2) is 0 Å². The van der Waals surface area contributed by atoms with Crippen LogP contribution in [0, 0.1) is 11.8 Å². The molecule has 4 atom stereocenters. The largest absolute Gasteiger partial charge is 0.411 e. The van der Waals surface area contributed by atoms with E-state index in [4.69, 9.17) is 9.16 Å². The van der Waals surface area contributed by atoms with E-state index in [-0.39, 0.29) is 12.0 Å². The minimum absolute atomic E-state index is 0.108. The summed E-state index contributed by atoms with van der Waals surface area (Å²) in [5.41, 5.74) is 1.87. The zero-order valence-corrected chi connectivity index (χ0v) is 21.0. The zero-order chi connectivity index (χ0) is 22.6. The van der Waals surface area contributed by atoms with Crippen LogP contribution in [0.25, 0.3) is 0 Å². The van der Waals surface area contributed by atoms with E-state index in [1.807, 2.05) is 24.3 Å². The predicted molar refractivity (Wildman–Crippen MR) is 128 cm³/mol. The number of allylic oxidation sites excluding steroid dienone is 1. The molecule has 2 aliphatic carbocycles. The van der Waals surface area contributed by atoms with Gasteiger partial charge in [-0.05, 0) is 40.9 Å². The van der Waals surface area contributed by atoms with E-state index in [2.05, 4.69) is 70.8 Å². The van der Waals surface area contributed by atoms with Crippen LogP contribution in [-0.4, -0.2) is 32.6 Å². The summed E-state index contributed by atoms with van der Waals surface area (Å²) in [6.07, 6.45) is 8.23. The molecule has 4 nitrogen and oxygen atoms in total. The van der Waals surface area contributed by atoms with Gasteiger partial charge < -0.3 is 9.16 Å². The summed E-state index contributed by atoms with van der Waals surface area (Å²) in [4.78, 5) is 16.2. The molecule has 170 valence electrons. The summed E-state index contributed by atoms with van der Waals surface area (Å²) in [7, 11) is -2.13. The summed E-state index contributed by atoms with van der Waals surface area (Å²) in [6.45, 7) is 14.7. The average Bonchev–Trinajstić information content (AvgIpc) is 3.28. The van der Waals surface area contributed by atoms with Crippen LogP contribution in [-0.2, 0) is 20.6 Å². The topological polar surface area (TPSA) is 47.9 Å². The van der Waals surface area contributed by atoms with Gasteiger partial charge in [-0.3, -0.25) is 0 Å². The lowest BCUT2D eigenvalue weighted by Gasteiger charge is -2.47. The highest BCUT2D eigenvalue weighted by molar-refractivity contribution is 6.77. The van der Waals surface area contributed by atoms with Gasteiger partial charge in [0.25, 0.3) is 0 Å². The van der Waals surface area contributed by atoms with Crippen LogP contribution in [0.4, 0.5) is 0 Å². The van der Waals surface area contributed by atoms with Gasteiger partial charge in [0.1, 0.15) is 5.54 Å². The maximum atomic E-state index is 11.7. The van der Waals surface area contributed by atoms with Gasteiger partial charge in [-0.1, -0.05) is 84.0 Å². The zero-order valence-electron chi connectivity index (χ0n) is 20.0. The Balaban J connectivity index is 1.92.